The molecule has 2 aliphatic rings. The van der Waals surface area contributed by atoms with E-state index in [1.807, 2.05) is 12.1 Å². The fourth-order valence-electron chi connectivity index (χ4n) is 5.21. The number of nitrogens with zero attached hydrogens (tertiary/aromatic N) is 1. The highest BCUT2D eigenvalue weighted by Crippen LogP contribution is 2.53. The first kappa shape index (κ1) is 17.3. The van der Waals surface area contributed by atoms with Crippen LogP contribution < -0.4 is 0 Å². The van der Waals surface area contributed by atoms with Gasteiger partial charge in [-0.1, -0.05) is 61.9 Å². The van der Waals surface area contributed by atoms with Gasteiger partial charge in [0.2, 0.25) is 5.91 Å². The highest BCUT2D eigenvalue weighted by atomic mass is 16.2. The number of hydrogen-bond donors (Lipinski definition) is 1. The number of para-hydroxylation sites is 1. The van der Waals surface area contributed by atoms with Crippen molar-refractivity contribution in [3.05, 3.63) is 77.5 Å². The van der Waals surface area contributed by atoms with Crippen LogP contribution in [0.2, 0.25) is 0 Å². The molecule has 1 amide bonds. The van der Waals surface area contributed by atoms with Gasteiger partial charge in [0.05, 0.1) is 0 Å². The molecular weight excluding hydrogens is 344 g/mol. The summed E-state index contributed by atoms with van der Waals surface area (Å²) in [5.74, 6) is 0.152. The third-order valence-electron chi connectivity index (χ3n) is 6.45. The third-order valence-corrected chi connectivity index (χ3v) is 6.45. The van der Waals surface area contributed by atoms with Crippen molar-refractivity contribution in [2.45, 2.75) is 44.6 Å². The van der Waals surface area contributed by atoms with Crippen LogP contribution in [0.25, 0.3) is 16.5 Å². The van der Waals surface area contributed by atoms with E-state index >= 15 is 0 Å². The second-order valence-electron chi connectivity index (χ2n) is 8.01. The molecule has 1 atom stereocenters. The van der Waals surface area contributed by atoms with Gasteiger partial charge in [-0.25, -0.2) is 0 Å². The molecule has 0 bridgehead atoms. The minimum Gasteiger partial charge on any atom is -0.356 e. The van der Waals surface area contributed by atoms with Crippen molar-refractivity contribution in [2.75, 3.05) is 6.54 Å². The topological polar surface area (TPSA) is 36.1 Å². The second-order valence-corrected chi connectivity index (χ2v) is 8.01. The van der Waals surface area contributed by atoms with Crippen molar-refractivity contribution < 1.29 is 4.79 Å². The molecule has 1 aliphatic heterocycles. The Bertz CT molecular complexity index is 1060. The van der Waals surface area contributed by atoms with Gasteiger partial charge in [0.25, 0.3) is 0 Å². The van der Waals surface area contributed by atoms with Gasteiger partial charge < -0.3 is 9.88 Å². The van der Waals surface area contributed by atoms with E-state index in [0.717, 1.165) is 49.8 Å². The summed E-state index contributed by atoms with van der Waals surface area (Å²) in [5.41, 5.74) is 5.73. The smallest absolute Gasteiger partial charge is 0.248 e. The van der Waals surface area contributed by atoms with Crippen LogP contribution in [0.3, 0.4) is 0 Å². The van der Waals surface area contributed by atoms with Crippen molar-refractivity contribution in [1.82, 2.24) is 9.88 Å². The van der Waals surface area contributed by atoms with Crippen LogP contribution in [0.15, 0.2) is 60.7 Å². The Morgan fingerprint density at radius 3 is 2.68 bits per heavy atom. The summed E-state index contributed by atoms with van der Waals surface area (Å²) in [6.07, 6.45) is 7.14. The first-order valence-electron chi connectivity index (χ1n) is 10.4. The van der Waals surface area contributed by atoms with Crippen molar-refractivity contribution >= 4 is 22.4 Å². The number of H-pyrrole nitrogens is 1. The summed E-state index contributed by atoms with van der Waals surface area (Å²) in [4.78, 5) is 19.1. The Kier molecular flexibility index (Phi) is 4.12. The highest BCUT2D eigenvalue weighted by molar-refractivity contribution is 6.05. The maximum atomic E-state index is 13.2. The molecule has 1 N–H and O–H groups in total. The van der Waals surface area contributed by atoms with E-state index in [0.29, 0.717) is 0 Å². The standard InChI is InChI=1S/C25H26N2O/c1-2-3-16-27-23(28)17-21(18-10-5-4-6-11-18)25(27)15-9-13-20-19-12-7-8-14-22(19)26-24(20)25/h4-8,10-12,14,17,26H,2-3,9,13,15-16H2,1H3. The van der Waals surface area contributed by atoms with Crippen molar-refractivity contribution in [3.63, 3.8) is 0 Å². The van der Waals surface area contributed by atoms with Gasteiger partial charge in [0.1, 0.15) is 5.54 Å². The largest absolute Gasteiger partial charge is 0.356 e. The molecule has 1 aromatic heterocycles. The van der Waals surface area contributed by atoms with Gasteiger partial charge in [-0.2, -0.15) is 0 Å². The molecule has 0 radical (unpaired) electrons. The van der Waals surface area contributed by atoms with E-state index in [4.69, 9.17) is 0 Å². The molecule has 3 aromatic rings. The van der Waals surface area contributed by atoms with E-state index in [-0.39, 0.29) is 11.4 Å². The van der Waals surface area contributed by atoms with E-state index in [2.05, 4.69) is 65.3 Å². The lowest BCUT2D eigenvalue weighted by molar-refractivity contribution is -0.129. The predicted octanol–water partition coefficient (Wildman–Crippen LogP) is 5.43. The summed E-state index contributed by atoms with van der Waals surface area (Å²) >= 11 is 0. The van der Waals surface area contributed by atoms with Gasteiger partial charge in [0.15, 0.2) is 0 Å². The minimum atomic E-state index is -0.375. The molecule has 1 unspecified atom stereocenters. The van der Waals surface area contributed by atoms with Gasteiger partial charge >= 0.3 is 0 Å². The van der Waals surface area contributed by atoms with Crippen LogP contribution in [0.4, 0.5) is 0 Å². The Hall–Kier alpha value is -2.81. The highest BCUT2D eigenvalue weighted by Gasteiger charge is 2.52. The zero-order chi connectivity index (χ0) is 19.1. The average Bonchev–Trinajstić information content (AvgIpc) is 3.24. The molecule has 3 heteroatoms. The first-order chi connectivity index (χ1) is 13.8. The lowest BCUT2D eigenvalue weighted by Gasteiger charge is -2.44. The molecular formula is C25H26N2O. The molecule has 2 heterocycles. The lowest BCUT2D eigenvalue weighted by Crippen LogP contribution is -2.48. The number of hydrogen-bond acceptors (Lipinski definition) is 1. The molecule has 142 valence electrons. The number of carbonyl (C=O) groups excluding carboxylic acids is 1. The fourth-order valence-corrected chi connectivity index (χ4v) is 5.21. The number of amides is 1. The number of benzene rings is 2. The van der Waals surface area contributed by atoms with Crippen LogP contribution >= 0.6 is 0 Å². The zero-order valence-corrected chi connectivity index (χ0v) is 16.4. The maximum Gasteiger partial charge on any atom is 0.248 e. The van der Waals surface area contributed by atoms with E-state index < -0.39 is 0 Å². The Morgan fingerprint density at radius 2 is 1.86 bits per heavy atom. The van der Waals surface area contributed by atoms with Crippen molar-refractivity contribution in [2.24, 2.45) is 0 Å². The first-order valence-corrected chi connectivity index (χ1v) is 10.4. The van der Waals surface area contributed by atoms with E-state index in [1.165, 1.54) is 22.2 Å². The Balaban J connectivity index is 1.76. The number of rotatable bonds is 4. The quantitative estimate of drug-likeness (QED) is 0.653. The summed E-state index contributed by atoms with van der Waals surface area (Å²) in [6, 6.07) is 19.0. The lowest BCUT2D eigenvalue weighted by atomic mass is 9.73. The molecule has 0 saturated carbocycles. The minimum absolute atomic E-state index is 0.152. The molecule has 2 aromatic carbocycles. The molecule has 0 saturated heterocycles. The SMILES string of the molecule is CCCCN1C(=O)C=C(c2ccccc2)C12CCCc1c2[nH]c2ccccc12. The maximum absolute atomic E-state index is 13.2. The Labute approximate surface area is 166 Å². The molecule has 28 heavy (non-hydrogen) atoms. The summed E-state index contributed by atoms with van der Waals surface area (Å²) in [7, 11) is 0. The van der Waals surface area contributed by atoms with Gasteiger partial charge in [-0.3, -0.25) is 4.79 Å². The number of nitrogens with one attached hydrogen (secondary N) is 1. The van der Waals surface area contributed by atoms with Crippen LogP contribution in [-0.4, -0.2) is 22.3 Å². The number of aromatic nitrogens is 1. The predicted molar refractivity (Wildman–Crippen MR) is 114 cm³/mol. The Morgan fingerprint density at radius 1 is 1.07 bits per heavy atom. The monoisotopic (exact) mass is 370 g/mol. The van der Waals surface area contributed by atoms with Gasteiger partial charge in [-0.05, 0) is 48.4 Å². The van der Waals surface area contributed by atoms with Crippen LogP contribution in [-0.2, 0) is 16.8 Å². The second kappa shape index (κ2) is 6.66. The molecule has 5 rings (SSSR count). The van der Waals surface area contributed by atoms with Crippen LogP contribution in [0.5, 0.6) is 0 Å². The third kappa shape index (κ3) is 2.39. The van der Waals surface area contributed by atoms with E-state index in [9.17, 15) is 4.79 Å². The molecule has 0 fully saturated rings. The normalized spacial score (nSPS) is 21.4. The van der Waals surface area contributed by atoms with Gasteiger partial charge in [-0.15, -0.1) is 0 Å². The number of fused-ring (bicyclic) bond motifs is 4. The van der Waals surface area contributed by atoms with E-state index in [1.54, 1.807) is 0 Å². The summed E-state index contributed by atoms with van der Waals surface area (Å²) in [5, 5.41) is 1.30. The molecule has 3 nitrogen and oxygen atoms in total. The number of aryl methyl sites for hydroxylation is 1. The van der Waals surface area contributed by atoms with Crippen molar-refractivity contribution in [1.29, 1.82) is 0 Å². The van der Waals surface area contributed by atoms with Crippen molar-refractivity contribution in [3.8, 4) is 0 Å². The number of carbonyl (C=O) groups is 1. The fraction of sp³-hybridized carbons (Fsp3) is 0.320. The summed E-state index contributed by atoms with van der Waals surface area (Å²) in [6.45, 7) is 2.99. The zero-order valence-electron chi connectivity index (χ0n) is 16.4. The number of unbranched alkanes of at least 4 members (excludes halogenated alkanes) is 1. The van der Waals surface area contributed by atoms with Crippen LogP contribution in [0, 0.1) is 0 Å². The molecule has 1 spiro atoms. The number of aromatic amines is 1. The molecule has 1 aliphatic carbocycles. The average molecular weight is 370 g/mol. The summed E-state index contributed by atoms with van der Waals surface area (Å²) < 4.78 is 0. The van der Waals surface area contributed by atoms with Crippen LogP contribution in [0.1, 0.15) is 49.4 Å². The van der Waals surface area contributed by atoms with Gasteiger partial charge in [0, 0.05) is 29.2 Å².